The van der Waals surface area contributed by atoms with Gasteiger partial charge in [-0.15, -0.1) is 0 Å². The van der Waals surface area contributed by atoms with Crippen LogP contribution in [0.2, 0.25) is 0 Å². The molecular weight excluding hydrogens is 284 g/mol. The summed E-state index contributed by atoms with van der Waals surface area (Å²) in [7, 11) is 0. The van der Waals surface area contributed by atoms with E-state index in [1.54, 1.807) is 0 Å². The van der Waals surface area contributed by atoms with Gasteiger partial charge in [-0.1, -0.05) is 0 Å². The summed E-state index contributed by atoms with van der Waals surface area (Å²) in [6.45, 7) is 3.60. The van der Waals surface area contributed by atoms with E-state index in [0.717, 1.165) is 0 Å². The zero-order valence-electron chi connectivity index (χ0n) is 10.8. The minimum atomic E-state index is -4.70. The van der Waals surface area contributed by atoms with E-state index in [0.29, 0.717) is 0 Å². The van der Waals surface area contributed by atoms with Gasteiger partial charge >= 0.3 is 29.3 Å². The highest BCUT2D eigenvalue weighted by molar-refractivity contribution is 5.80. The first-order chi connectivity index (χ1) is 8.38. The van der Waals surface area contributed by atoms with Crippen molar-refractivity contribution in [3.8, 4) is 0 Å². The molecule has 9 N–H and O–H groups in total. The lowest BCUT2D eigenvalue weighted by Crippen LogP contribution is -2.77. The Morgan fingerprint density at radius 1 is 0.700 bits per heavy atom. The molecule has 0 fully saturated rings. The highest BCUT2D eigenvalue weighted by atomic mass is 16.8. The van der Waals surface area contributed by atoms with Crippen LogP contribution in [0.15, 0.2) is 0 Å². The molecule has 0 aromatic heterocycles. The van der Waals surface area contributed by atoms with Crippen LogP contribution >= 0.6 is 0 Å². The summed E-state index contributed by atoms with van der Waals surface area (Å²) in [6, 6.07) is 0. The fraction of sp³-hybridized carbons (Fsp3) is 0.889. The van der Waals surface area contributed by atoms with Gasteiger partial charge in [0.15, 0.2) is 0 Å². The fourth-order valence-corrected chi connectivity index (χ4v) is 1.44. The molecule has 0 aliphatic rings. The number of ether oxygens (including phenoxy) is 1. The van der Waals surface area contributed by atoms with Gasteiger partial charge in [-0.25, -0.2) is 0 Å². The zero-order chi connectivity index (χ0) is 16.8. The number of esters is 1. The summed E-state index contributed by atoms with van der Waals surface area (Å²) in [6.07, 6.45) is 0. The van der Waals surface area contributed by atoms with Crippen LogP contribution in [0, 0.1) is 5.41 Å². The number of rotatable bonds is 4. The molecule has 0 unspecified atom stereocenters. The minimum absolute atomic E-state index is 1.20. The van der Waals surface area contributed by atoms with Crippen LogP contribution in [0.3, 0.4) is 0 Å². The van der Waals surface area contributed by atoms with Crippen LogP contribution in [-0.4, -0.2) is 75.4 Å². The van der Waals surface area contributed by atoms with Gasteiger partial charge in [0, 0.05) is 0 Å². The van der Waals surface area contributed by atoms with Gasteiger partial charge in [0.1, 0.15) is 5.60 Å². The standard InChI is InChI=1S/C9H18O11/c1-5(2,3)20-4(10)6(7(11,12)13,8(14,15)16)9(17,18)19/h11-19H,1-3H3. The second-order valence-electron chi connectivity index (χ2n) is 5.16. The van der Waals surface area contributed by atoms with Gasteiger partial charge in [0.05, 0.1) is 0 Å². The van der Waals surface area contributed by atoms with E-state index in [4.69, 9.17) is 46.0 Å². The van der Waals surface area contributed by atoms with Crippen LogP contribution in [0.5, 0.6) is 0 Å². The summed E-state index contributed by atoms with van der Waals surface area (Å²) in [5, 5.41) is 81.2. The van der Waals surface area contributed by atoms with Crippen LogP contribution in [0.25, 0.3) is 0 Å². The van der Waals surface area contributed by atoms with Crippen LogP contribution < -0.4 is 0 Å². The van der Waals surface area contributed by atoms with Gasteiger partial charge < -0.3 is 50.7 Å². The summed E-state index contributed by atoms with van der Waals surface area (Å²) in [5.41, 5.74) is -6.05. The monoisotopic (exact) mass is 302 g/mol. The first kappa shape index (κ1) is 19.1. The zero-order valence-corrected chi connectivity index (χ0v) is 10.8. The number of aliphatic hydroxyl groups is 9. The number of carbonyl (C=O) groups excluding carboxylic acids is 1. The Hall–Kier alpha value is -0.890. The maximum atomic E-state index is 11.8. The molecular formula is C9H18O11. The van der Waals surface area contributed by atoms with Gasteiger partial charge in [0.25, 0.3) is 0 Å². The largest absolute Gasteiger partial charge is 0.459 e. The quantitative estimate of drug-likeness (QED) is 0.178. The molecule has 0 saturated heterocycles. The molecule has 0 saturated carbocycles. The Morgan fingerprint density at radius 2 is 0.950 bits per heavy atom. The fourth-order valence-electron chi connectivity index (χ4n) is 1.44. The van der Waals surface area contributed by atoms with Crippen molar-refractivity contribution in [1.29, 1.82) is 0 Å². The normalized spacial score (nSPS) is 15.2. The molecule has 0 aliphatic heterocycles. The molecule has 0 heterocycles. The van der Waals surface area contributed by atoms with Crippen LogP contribution in [-0.2, 0) is 9.53 Å². The number of hydrogen-bond donors (Lipinski definition) is 9. The smallest absolute Gasteiger partial charge is 0.338 e. The molecule has 20 heavy (non-hydrogen) atoms. The second-order valence-corrected chi connectivity index (χ2v) is 5.16. The lowest BCUT2D eigenvalue weighted by atomic mass is 9.78. The maximum Gasteiger partial charge on any atom is 0.338 e. The van der Waals surface area contributed by atoms with Crippen LogP contribution in [0.1, 0.15) is 20.8 Å². The Bertz CT molecular complexity index is 325. The summed E-state index contributed by atoms with van der Waals surface area (Å²) >= 11 is 0. The second kappa shape index (κ2) is 4.84. The van der Waals surface area contributed by atoms with Crippen molar-refractivity contribution < 1.29 is 55.5 Å². The van der Waals surface area contributed by atoms with Crippen molar-refractivity contribution in [1.82, 2.24) is 0 Å². The van der Waals surface area contributed by atoms with Crippen molar-refractivity contribution in [2.45, 2.75) is 44.3 Å². The van der Waals surface area contributed by atoms with Gasteiger partial charge in [-0.2, -0.15) is 0 Å². The minimum Gasteiger partial charge on any atom is -0.459 e. The highest BCUT2D eigenvalue weighted by Crippen LogP contribution is 2.45. The number of carbonyl (C=O) groups is 1. The molecule has 0 aliphatic carbocycles. The molecule has 120 valence electrons. The lowest BCUT2D eigenvalue weighted by molar-refractivity contribution is -0.548. The van der Waals surface area contributed by atoms with Gasteiger partial charge in [-0.3, -0.25) is 4.79 Å². The highest BCUT2D eigenvalue weighted by Gasteiger charge is 2.80. The third-order valence-electron chi connectivity index (χ3n) is 2.21. The third-order valence-corrected chi connectivity index (χ3v) is 2.21. The molecule has 0 bridgehead atoms. The van der Waals surface area contributed by atoms with Crippen molar-refractivity contribution in [3.63, 3.8) is 0 Å². The molecule has 0 amide bonds. The molecule has 11 nitrogen and oxygen atoms in total. The van der Waals surface area contributed by atoms with Crippen molar-refractivity contribution in [2.75, 3.05) is 0 Å². The molecule has 0 spiro atoms. The van der Waals surface area contributed by atoms with Crippen LogP contribution in [0.4, 0.5) is 0 Å². The molecule has 0 aromatic carbocycles. The van der Waals surface area contributed by atoms with E-state index in [2.05, 4.69) is 4.74 Å². The van der Waals surface area contributed by atoms with E-state index in [9.17, 15) is 4.79 Å². The van der Waals surface area contributed by atoms with Crippen molar-refractivity contribution in [2.24, 2.45) is 5.41 Å². The summed E-state index contributed by atoms with van der Waals surface area (Å²) < 4.78 is 4.40. The Labute approximate surface area is 112 Å². The molecule has 0 aromatic rings. The first-order valence-electron chi connectivity index (χ1n) is 5.12. The average Bonchev–Trinajstić information content (AvgIpc) is 1.88. The Morgan fingerprint density at radius 3 is 1.10 bits per heavy atom. The lowest BCUT2D eigenvalue weighted by Gasteiger charge is -2.46. The predicted octanol–water partition coefficient (Wildman–Crippen LogP) is -4.79. The Kier molecular flexibility index (Phi) is 4.62. The molecule has 0 radical (unpaired) electrons. The topological polar surface area (TPSA) is 208 Å². The van der Waals surface area contributed by atoms with Crippen molar-refractivity contribution >= 4 is 5.97 Å². The first-order valence-corrected chi connectivity index (χ1v) is 5.12. The third kappa shape index (κ3) is 3.22. The van der Waals surface area contributed by atoms with Crippen molar-refractivity contribution in [3.05, 3.63) is 0 Å². The van der Waals surface area contributed by atoms with Gasteiger partial charge in [0.2, 0.25) is 0 Å². The maximum absolute atomic E-state index is 11.8. The van der Waals surface area contributed by atoms with E-state index < -0.39 is 34.9 Å². The summed E-state index contributed by atoms with van der Waals surface area (Å²) in [5.74, 6) is -16.4. The van der Waals surface area contributed by atoms with Gasteiger partial charge in [-0.05, 0) is 20.8 Å². The van der Waals surface area contributed by atoms with E-state index in [-0.39, 0.29) is 0 Å². The molecule has 0 atom stereocenters. The predicted molar refractivity (Wildman–Crippen MR) is 56.4 cm³/mol. The Balaban J connectivity index is 6.28. The van der Waals surface area contributed by atoms with E-state index >= 15 is 0 Å². The molecule has 11 heteroatoms. The average molecular weight is 302 g/mol. The SMILES string of the molecule is CC(C)(C)OC(=O)C(C(O)(O)O)(C(O)(O)O)C(O)(O)O. The summed E-state index contributed by atoms with van der Waals surface area (Å²) in [4.78, 5) is 11.8. The molecule has 0 rings (SSSR count). The van der Waals surface area contributed by atoms with E-state index in [1.165, 1.54) is 20.8 Å². The number of hydrogen-bond acceptors (Lipinski definition) is 11. The van der Waals surface area contributed by atoms with E-state index in [1.807, 2.05) is 0 Å².